The molecule has 134 valence electrons. The first kappa shape index (κ1) is 20.2. The molecule has 0 radical (unpaired) electrons. The monoisotopic (exact) mass is 332 g/mol. The predicted molar refractivity (Wildman–Crippen MR) is 99.0 cm³/mol. The summed E-state index contributed by atoms with van der Waals surface area (Å²) in [5, 5.41) is 5.80. The maximum atomic E-state index is 12.6. The van der Waals surface area contributed by atoms with E-state index in [2.05, 4.69) is 62.6 Å². The normalized spacial score (nSPS) is 12.3. The molecule has 0 bridgehead atoms. The summed E-state index contributed by atoms with van der Waals surface area (Å²) in [4.78, 5) is 23.4. The molecule has 24 heavy (non-hydrogen) atoms. The Morgan fingerprint density at radius 2 is 1.38 bits per heavy atom. The third-order valence-electron chi connectivity index (χ3n) is 4.19. The highest BCUT2D eigenvalue weighted by molar-refractivity contribution is 5.83. The highest BCUT2D eigenvalue weighted by atomic mass is 16.2. The van der Waals surface area contributed by atoms with Gasteiger partial charge in [-0.3, -0.25) is 9.59 Å². The number of benzene rings is 1. The summed E-state index contributed by atoms with van der Waals surface area (Å²) < 4.78 is 0. The Balaban J connectivity index is 2.55. The van der Waals surface area contributed by atoms with Crippen LogP contribution in [0.15, 0.2) is 24.3 Å². The Kier molecular flexibility index (Phi) is 8.51. The van der Waals surface area contributed by atoms with Gasteiger partial charge >= 0.3 is 0 Å². The van der Waals surface area contributed by atoms with Gasteiger partial charge in [-0.05, 0) is 35.8 Å². The molecule has 0 aliphatic heterocycles. The Bertz CT molecular complexity index is 521. The molecule has 0 saturated heterocycles. The Hall–Kier alpha value is -1.84. The van der Waals surface area contributed by atoms with Crippen LogP contribution in [0, 0.1) is 5.92 Å². The number of hydrogen-bond donors (Lipinski definition) is 2. The van der Waals surface area contributed by atoms with Gasteiger partial charge in [0.1, 0.15) is 0 Å². The first-order chi connectivity index (χ1) is 11.3. The molecule has 0 saturated carbocycles. The maximum Gasteiger partial charge on any atom is 0.227 e. The number of unbranched alkanes of at least 4 members (excludes halogenated alkanes) is 1. The Morgan fingerprint density at radius 1 is 0.875 bits per heavy atom. The van der Waals surface area contributed by atoms with Crippen LogP contribution < -0.4 is 10.6 Å². The van der Waals surface area contributed by atoms with Crippen LogP contribution in [0.5, 0.6) is 0 Å². The zero-order chi connectivity index (χ0) is 18.1. The van der Waals surface area contributed by atoms with Crippen LogP contribution in [0.4, 0.5) is 0 Å². The number of rotatable bonds is 9. The van der Waals surface area contributed by atoms with Crippen molar-refractivity contribution in [2.45, 2.75) is 59.3 Å². The van der Waals surface area contributed by atoms with Gasteiger partial charge in [0.15, 0.2) is 0 Å². The van der Waals surface area contributed by atoms with Crippen molar-refractivity contribution in [1.29, 1.82) is 0 Å². The fourth-order valence-electron chi connectivity index (χ4n) is 2.76. The van der Waals surface area contributed by atoms with E-state index in [0.29, 0.717) is 19.0 Å². The second kappa shape index (κ2) is 10.1. The molecule has 1 aromatic rings. The Labute approximate surface area is 146 Å². The van der Waals surface area contributed by atoms with Crippen LogP contribution >= 0.6 is 0 Å². The van der Waals surface area contributed by atoms with Crippen molar-refractivity contribution in [3.8, 4) is 0 Å². The third-order valence-corrected chi connectivity index (χ3v) is 4.19. The molecule has 0 fully saturated rings. The molecule has 1 unspecified atom stereocenters. The highest BCUT2D eigenvalue weighted by Gasteiger charge is 2.23. The summed E-state index contributed by atoms with van der Waals surface area (Å²) in [7, 11) is 0. The molecule has 4 heteroatoms. The summed E-state index contributed by atoms with van der Waals surface area (Å²) in [6.07, 6.45) is 1.73. The van der Waals surface area contributed by atoms with Gasteiger partial charge in [-0.25, -0.2) is 0 Å². The molecular weight excluding hydrogens is 300 g/mol. The van der Waals surface area contributed by atoms with Crippen LogP contribution in [0.2, 0.25) is 0 Å². The van der Waals surface area contributed by atoms with Crippen molar-refractivity contribution < 1.29 is 9.59 Å². The fraction of sp³-hybridized carbons (Fsp3) is 0.600. The van der Waals surface area contributed by atoms with Crippen molar-refractivity contribution >= 4 is 11.8 Å². The molecule has 1 atom stereocenters. The highest BCUT2D eigenvalue weighted by Crippen LogP contribution is 2.26. The molecule has 1 rings (SSSR count). The third kappa shape index (κ3) is 6.73. The molecule has 0 spiro atoms. The lowest BCUT2D eigenvalue weighted by atomic mass is 9.86. The second-order valence-corrected chi connectivity index (χ2v) is 7.02. The summed E-state index contributed by atoms with van der Waals surface area (Å²) in [5.74, 6) is 0.690. The SMILES string of the molecule is CC(=O)NCCCCNC(=O)C(c1ccc(C(C)C)cc1)C(C)C. The minimum atomic E-state index is -0.124. The predicted octanol–water partition coefficient (Wildman–Crippen LogP) is 3.58. The lowest BCUT2D eigenvalue weighted by Crippen LogP contribution is -2.33. The number of amides is 2. The zero-order valence-corrected chi connectivity index (χ0v) is 15.7. The van der Waals surface area contributed by atoms with Crippen LogP contribution in [-0.4, -0.2) is 24.9 Å². The minimum Gasteiger partial charge on any atom is -0.356 e. The van der Waals surface area contributed by atoms with Gasteiger partial charge in [0.2, 0.25) is 11.8 Å². The summed E-state index contributed by atoms with van der Waals surface area (Å²) in [5.41, 5.74) is 2.37. The molecule has 1 aromatic carbocycles. The van der Waals surface area contributed by atoms with E-state index in [0.717, 1.165) is 18.4 Å². The van der Waals surface area contributed by atoms with E-state index in [9.17, 15) is 9.59 Å². The first-order valence-corrected chi connectivity index (χ1v) is 8.95. The lowest BCUT2D eigenvalue weighted by Gasteiger charge is -2.21. The zero-order valence-electron chi connectivity index (χ0n) is 15.7. The summed E-state index contributed by atoms with van der Waals surface area (Å²) in [6, 6.07) is 8.40. The second-order valence-electron chi connectivity index (χ2n) is 7.02. The van der Waals surface area contributed by atoms with E-state index in [1.54, 1.807) is 0 Å². The maximum absolute atomic E-state index is 12.6. The van der Waals surface area contributed by atoms with Gasteiger partial charge in [0.25, 0.3) is 0 Å². The van der Waals surface area contributed by atoms with Gasteiger partial charge in [-0.2, -0.15) is 0 Å². The van der Waals surface area contributed by atoms with Crippen molar-refractivity contribution in [2.75, 3.05) is 13.1 Å². The summed E-state index contributed by atoms with van der Waals surface area (Å²) in [6.45, 7) is 11.3. The number of nitrogens with one attached hydrogen (secondary N) is 2. The van der Waals surface area contributed by atoms with Crippen LogP contribution in [0.3, 0.4) is 0 Å². The Morgan fingerprint density at radius 3 is 1.83 bits per heavy atom. The van der Waals surface area contributed by atoms with E-state index < -0.39 is 0 Å². The molecule has 2 amide bonds. The van der Waals surface area contributed by atoms with Gasteiger partial charge in [0.05, 0.1) is 5.92 Å². The molecule has 2 N–H and O–H groups in total. The van der Waals surface area contributed by atoms with E-state index >= 15 is 0 Å². The molecule has 4 nitrogen and oxygen atoms in total. The number of hydrogen-bond acceptors (Lipinski definition) is 2. The van der Waals surface area contributed by atoms with Gasteiger partial charge in [0, 0.05) is 20.0 Å². The van der Waals surface area contributed by atoms with E-state index in [4.69, 9.17) is 0 Å². The van der Waals surface area contributed by atoms with E-state index in [1.165, 1.54) is 12.5 Å². The van der Waals surface area contributed by atoms with Crippen LogP contribution in [0.25, 0.3) is 0 Å². The largest absolute Gasteiger partial charge is 0.356 e. The van der Waals surface area contributed by atoms with Crippen molar-refractivity contribution in [3.05, 3.63) is 35.4 Å². The first-order valence-electron chi connectivity index (χ1n) is 8.95. The average molecular weight is 332 g/mol. The van der Waals surface area contributed by atoms with Crippen LogP contribution in [0.1, 0.15) is 70.4 Å². The average Bonchev–Trinajstić information content (AvgIpc) is 2.50. The van der Waals surface area contributed by atoms with Crippen LogP contribution in [-0.2, 0) is 9.59 Å². The van der Waals surface area contributed by atoms with E-state index in [1.807, 2.05) is 0 Å². The molecule has 0 aliphatic rings. The van der Waals surface area contributed by atoms with Gasteiger partial charge < -0.3 is 10.6 Å². The van der Waals surface area contributed by atoms with Crippen molar-refractivity contribution in [1.82, 2.24) is 10.6 Å². The van der Waals surface area contributed by atoms with Gasteiger partial charge in [-0.1, -0.05) is 52.0 Å². The smallest absolute Gasteiger partial charge is 0.227 e. The molecular formula is C20H32N2O2. The number of carbonyl (C=O) groups excluding carboxylic acids is 2. The van der Waals surface area contributed by atoms with Gasteiger partial charge in [-0.15, -0.1) is 0 Å². The fourth-order valence-corrected chi connectivity index (χ4v) is 2.76. The minimum absolute atomic E-state index is 0.0104. The summed E-state index contributed by atoms with van der Waals surface area (Å²) >= 11 is 0. The van der Waals surface area contributed by atoms with E-state index in [-0.39, 0.29) is 23.7 Å². The molecule has 0 aliphatic carbocycles. The van der Waals surface area contributed by atoms with Crippen molar-refractivity contribution in [2.24, 2.45) is 5.92 Å². The topological polar surface area (TPSA) is 58.2 Å². The standard InChI is InChI=1S/C20H32N2O2/c1-14(2)17-8-10-18(11-9-17)19(15(3)4)20(24)22-13-7-6-12-21-16(5)23/h8-11,14-15,19H,6-7,12-13H2,1-5H3,(H,21,23)(H,22,24). The van der Waals surface area contributed by atoms with Crippen molar-refractivity contribution in [3.63, 3.8) is 0 Å². The lowest BCUT2D eigenvalue weighted by molar-refractivity contribution is -0.123. The molecule has 0 aromatic heterocycles. The molecule has 0 heterocycles. The number of carbonyl (C=O) groups is 2. The quantitative estimate of drug-likeness (QED) is 0.679.